The zero-order chi connectivity index (χ0) is 30.8. The van der Waals surface area contributed by atoms with Gasteiger partial charge in [-0.15, -0.1) is 8.78 Å². The molecule has 2 heterocycles. The fourth-order valence-corrected chi connectivity index (χ4v) is 5.11. The van der Waals surface area contributed by atoms with Crippen molar-refractivity contribution in [2.24, 2.45) is 0 Å². The minimum Gasteiger partial charge on any atom is -0.395 e. The average molecular weight is 623 g/mol. The second-order valence-electron chi connectivity index (χ2n) is 9.57. The minimum atomic E-state index is -4.95. The van der Waals surface area contributed by atoms with E-state index in [1.54, 1.807) is 0 Å². The molecule has 0 spiro atoms. The Morgan fingerprint density at radius 2 is 1.63 bits per heavy atom. The van der Waals surface area contributed by atoms with Crippen LogP contribution in [0.4, 0.5) is 36.4 Å². The number of hydrogen-bond donors (Lipinski definition) is 2. The van der Waals surface area contributed by atoms with Gasteiger partial charge in [-0.2, -0.15) is 13.2 Å². The summed E-state index contributed by atoms with van der Waals surface area (Å²) in [5.74, 6) is -4.44. The molecule has 0 saturated carbocycles. The molecule has 0 bridgehead atoms. The summed E-state index contributed by atoms with van der Waals surface area (Å²) >= 11 is 6.29. The highest BCUT2D eigenvalue weighted by atomic mass is 35.5. The highest BCUT2D eigenvalue weighted by Crippen LogP contribution is 2.45. The summed E-state index contributed by atoms with van der Waals surface area (Å²) in [4.78, 5) is 26.3. The van der Waals surface area contributed by atoms with Crippen molar-refractivity contribution in [1.82, 2.24) is 5.32 Å². The second kappa shape index (κ2) is 9.90. The Labute approximate surface area is 242 Å². The number of anilines is 1. The lowest BCUT2D eigenvalue weighted by Crippen LogP contribution is -2.25. The topological polar surface area (TPSA) is 76.7 Å². The van der Waals surface area contributed by atoms with Gasteiger partial charge in [0.25, 0.3) is 11.8 Å². The van der Waals surface area contributed by atoms with E-state index in [-0.39, 0.29) is 56.1 Å². The van der Waals surface area contributed by atoms with Crippen molar-refractivity contribution in [3.63, 3.8) is 0 Å². The van der Waals surface area contributed by atoms with Gasteiger partial charge < -0.3 is 20.1 Å². The molecule has 4 aromatic carbocycles. The van der Waals surface area contributed by atoms with Gasteiger partial charge in [0.05, 0.1) is 11.6 Å². The zero-order valence-electron chi connectivity index (χ0n) is 21.1. The van der Waals surface area contributed by atoms with Crippen molar-refractivity contribution < 1.29 is 49.8 Å². The molecule has 14 heteroatoms. The number of fused-ring (bicyclic) bond motifs is 2. The SMILES string of the molecule is O=C(Nc1cc(-c2ccc3c(c2)OC(F)(F)O3)cc2c1C(c1cc(F)ccc1Cl)NC2=O)c1cc(F)cc(C(F)(F)F)c1. The molecule has 0 fully saturated rings. The van der Waals surface area contributed by atoms with E-state index in [1.165, 1.54) is 36.4 Å². The maximum absolute atomic E-state index is 14.2. The van der Waals surface area contributed by atoms with Crippen LogP contribution in [0.2, 0.25) is 5.02 Å². The lowest BCUT2D eigenvalue weighted by Gasteiger charge is -2.19. The average Bonchev–Trinajstić information content (AvgIpc) is 3.43. The number of rotatable bonds is 4. The molecule has 0 aliphatic carbocycles. The highest BCUT2D eigenvalue weighted by Gasteiger charge is 2.43. The van der Waals surface area contributed by atoms with Crippen molar-refractivity contribution in [1.29, 1.82) is 0 Å². The van der Waals surface area contributed by atoms with Crippen LogP contribution < -0.4 is 20.1 Å². The van der Waals surface area contributed by atoms with Crippen LogP contribution >= 0.6 is 11.6 Å². The van der Waals surface area contributed by atoms with Gasteiger partial charge in [-0.3, -0.25) is 9.59 Å². The monoisotopic (exact) mass is 622 g/mol. The summed E-state index contributed by atoms with van der Waals surface area (Å²) in [6.45, 7) is 0. The van der Waals surface area contributed by atoms with E-state index in [0.717, 1.165) is 12.1 Å². The number of nitrogens with one attached hydrogen (secondary N) is 2. The standard InChI is InChI=1S/C29H14ClF7N2O4/c30-20-3-2-16(31)11-18(20)25-24-19(27(41)39-25)7-13(12-1-4-22-23(9-12)43-29(36,37)42-22)8-21(24)38-26(40)14-5-15(28(33,34)35)10-17(32)6-14/h1-11,25H,(H,38,40)(H,39,41). The number of halogens is 8. The van der Waals surface area contributed by atoms with Crippen molar-refractivity contribution in [2.75, 3.05) is 5.32 Å². The molecule has 4 aromatic rings. The Balaban J connectivity index is 1.49. The van der Waals surface area contributed by atoms with Crippen molar-refractivity contribution in [3.05, 3.63) is 111 Å². The van der Waals surface area contributed by atoms with E-state index >= 15 is 0 Å². The fraction of sp³-hybridized carbons (Fsp3) is 0.103. The Hall–Kier alpha value is -4.78. The first-order chi connectivity index (χ1) is 20.2. The maximum Gasteiger partial charge on any atom is 0.586 e. The number of hydrogen-bond acceptors (Lipinski definition) is 4. The van der Waals surface area contributed by atoms with Crippen LogP contribution in [0, 0.1) is 11.6 Å². The molecule has 0 radical (unpaired) electrons. The third kappa shape index (κ3) is 5.31. The molecule has 43 heavy (non-hydrogen) atoms. The van der Waals surface area contributed by atoms with Crippen LogP contribution in [0.5, 0.6) is 11.5 Å². The molecular weight excluding hydrogens is 609 g/mol. The van der Waals surface area contributed by atoms with Gasteiger partial charge in [-0.05, 0) is 71.8 Å². The molecule has 6 nitrogen and oxygen atoms in total. The van der Waals surface area contributed by atoms with E-state index in [9.17, 15) is 40.3 Å². The van der Waals surface area contributed by atoms with E-state index < -0.39 is 53.1 Å². The summed E-state index contributed by atoms with van der Waals surface area (Å²) in [6.07, 6.45) is -8.86. The number of amides is 2. The molecule has 2 aliphatic rings. The maximum atomic E-state index is 14.2. The molecular formula is C29H14ClF7N2O4. The van der Waals surface area contributed by atoms with E-state index in [2.05, 4.69) is 20.1 Å². The van der Waals surface area contributed by atoms with Crippen molar-refractivity contribution >= 4 is 29.1 Å². The van der Waals surface area contributed by atoms with Crippen LogP contribution in [0.3, 0.4) is 0 Å². The molecule has 2 aliphatic heterocycles. The number of carbonyl (C=O) groups excluding carboxylic acids is 2. The Morgan fingerprint density at radius 3 is 2.37 bits per heavy atom. The first kappa shape index (κ1) is 28.3. The lowest BCUT2D eigenvalue weighted by atomic mass is 9.92. The normalized spacial score (nSPS) is 16.6. The summed E-state index contributed by atoms with van der Waals surface area (Å²) in [5.41, 5.74) is -1.68. The smallest absolute Gasteiger partial charge is 0.395 e. The number of benzene rings is 4. The first-order valence-corrected chi connectivity index (χ1v) is 12.6. The Bertz CT molecular complexity index is 1840. The predicted octanol–water partition coefficient (Wildman–Crippen LogP) is 7.71. The van der Waals surface area contributed by atoms with Gasteiger partial charge in [0.15, 0.2) is 11.5 Å². The fourth-order valence-electron chi connectivity index (χ4n) is 4.88. The second-order valence-corrected chi connectivity index (χ2v) is 9.97. The van der Waals surface area contributed by atoms with Crippen LogP contribution in [0.1, 0.15) is 43.4 Å². The molecule has 0 aromatic heterocycles. The van der Waals surface area contributed by atoms with Gasteiger partial charge in [0.2, 0.25) is 0 Å². The van der Waals surface area contributed by atoms with Crippen LogP contribution in [-0.4, -0.2) is 18.1 Å². The summed E-state index contributed by atoms with van der Waals surface area (Å²) < 4.78 is 104. The van der Waals surface area contributed by atoms with Crippen LogP contribution in [0.25, 0.3) is 11.1 Å². The Morgan fingerprint density at radius 1 is 0.884 bits per heavy atom. The lowest BCUT2D eigenvalue weighted by molar-refractivity contribution is -0.286. The molecule has 1 atom stereocenters. The molecule has 1 unspecified atom stereocenters. The van der Waals surface area contributed by atoms with Gasteiger partial charge >= 0.3 is 12.5 Å². The third-order valence-corrected chi connectivity index (χ3v) is 7.07. The third-order valence-electron chi connectivity index (χ3n) is 6.73. The van der Waals surface area contributed by atoms with Crippen LogP contribution in [0.15, 0.2) is 66.7 Å². The largest absolute Gasteiger partial charge is 0.586 e. The summed E-state index contributed by atoms with van der Waals surface area (Å²) in [5, 5.41) is 5.10. The Kier molecular flexibility index (Phi) is 6.53. The van der Waals surface area contributed by atoms with Gasteiger partial charge in [0.1, 0.15) is 11.6 Å². The minimum absolute atomic E-state index is 0.0450. The number of carbonyl (C=O) groups is 2. The van der Waals surface area contributed by atoms with Gasteiger partial charge in [-0.1, -0.05) is 17.7 Å². The number of alkyl halides is 5. The zero-order valence-corrected chi connectivity index (χ0v) is 21.8. The molecule has 2 N–H and O–H groups in total. The first-order valence-electron chi connectivity index (χ1n) is 12.2. The molecule has 6 rings (SSSR count). The predicted molar refractivity (Wildman–Crippen MR) is 138 cm³/mol. The molecule has 0 saturated heterocycles. The van der Waals surface area contributed by atoms with Gasteiger partial charge in [-0.25, -0.2) is 8.78 Å². The molecule has 220 valence electrons. The quantitative estimate of drug-likeness (QED) is 0.229. The van der Waals surface area contributed by atoms with E-state index in [0.29, 0.717) is 12.1 Å². The van der Waals surface area contributed by atoms with E-state index in [4.69, 9.17) is 11.6 Å². The molecule has 2 amide bonds. The van der Waals surface area contributed by atoms with Gasteiger partial charge in [0, 0.05) is 33.0 Å². The van der Waals surface area contributed by atoms with Crippen molar-refractivity contribution in [2.45, 2.75) is 18.5 Å². The van der Waals surface area contributed by atoms with Crippen LogP contribution in [-0.2, 0) is 6.18 Å². The van der Waals surface area contributed by atoms with E-state index in [1.807, 2.05) is 0 Å². The summed E-state index contributed by atoms with van der Waals surface area (Å²) in [6, 6.07) is 9.97. The van der Waals surface area contributed by atoms with Crippen molar-refractivity contribution in [3.8, 4) is 22.6 Å². The highest BCUT2D eigenvalue weighted by molar-refractivity contribution is 6.31. The number of ether oxygens (including phenoxy) is 2. The summed E-state index contributed by atoms with van der Waals surface area (Å²) in [7, 11) is 0.